The van der Waals surface area contributed by atoms with Gasteiger partial charge < -0.3 is 14.6 Å². The van der Waals surface area contributed by atoms with E-state index in [1.807, 2.05) is 0 Å². The maximum Gasteiger partial charge on any atom is 0.346 e. The first kappa shape index (κ1) is 13.9. The molecule has 0 aliphatic heterocycles. The van der Waals surface area contributed by atoms with Crippen molar-refractivity contribution < 1.29 is 24.3 Å². The molecule has 1 N–H and O–H groups in total. The average molecular weight is 255 g/mol. The van der Waals surface area contributed by atoms with Crippen molar-refractivity contribution in [2.24, 2.45) is 0 Å². The van der Waals surface area contributed by atoms with Crippen molar-refractivity contribution in [3.05, 3.63) is 33.9 Å². The largest absolute Gasteiger partial charge is 0.478 e. The third-order valence-electron chi connectivity index (χ3n) is 2.27. The fourth-order valence-corrected chi connectivity index (χ4v) is 1.30. The van der Waals surface area contributed by atoms with Gasteiger partial charge in [-0.2, -0.15) is 0 Å². The lowest BCUT2D eigenvalue weighted by Gasteiger charge is -2.14. The maximum atomic E-state index is 11.2. The van der Waals surface area contributed by atoms with Crippen LogP contribution in [0.2, 0.25) is 0 Å². The van der Waals surface area contributed by atoms with Crippen LogP contribution in [0.25, 0.3) is 0 Å². The van der Waals surface area contributed by atoms with E-state index in [1.54, 1.807) is 0 Å². The molecule has 1 atom stereocenters. The number of methoxy groups -OCH3 is 1. The average Bonchev–Trinajstić information content (AvgIpc) is 2.37. The van der Waals surface area contributed by atoms with Crippen molar-refractivity contribution in [1.29, 1.82) is 0 Å². The van der Waals surface area contributed by atoms with Gasteiger partial charge >= 0.3 is 5.97 Å². The summed E-state index contributed by atoms with van der Waals surface area (Å²) in [6, 6.07) is 3.78. The van der Waals surface area contributed by atoms with E-state index in [0.717, 1.165) is 6.07 Å². The molecular formula is C11H13NO6. The second-order valence-electron chi connectivity index (χ2n) is 3.49. The van der Waals surface area contributed by atoms with Crippen LogP contribution in [0.5, 0.6) is 5.75 Å². The smallest absolute Gasteiger partial charge is 0.346 e. The normalized spacial score (nSPS) is 11.7. The highest BCUT2D eigenvalue weighted by molar-refractivity contribution is 5.74. The summed E-state index contributed by atoms with van der Waals surface area (Å²) in [7, 11) is 1.21. The van der Waals surface area contributed by atoms with Crippen LogP contribution < -0.4 is 4.74 Å². The first-order valence-corrected chi connectivity index (χ1v) is 5.12. The summed E-state index contributed by atoms with van der Waals surface area (Å²) < 4.78 is 9.72. The predicted molar refractivity (Wildman–Crippen MR) is 61.1 cm³/mol. The Labute approximate surface area is 103 Å². The minimum Gasteiger partial charge on any atom is -0.478 e. The van der Waals surface area contributed by atoms with Crippen molar-refractivity contribution in [1.82, 2.24) is 0 Å². The van der Waals surface area contributed by atoms with Gasteiger partial charge in [0.05, 0.1) is 24.7 Å². The zero-order valence-electron chi connectivity index (χ0n) is 9.95. The van der Waals surface area contributed by atoms with E-state index in [0.29, 0.717) is 5.56 Å². The molecule has 1 rings (SSSR count). The lowest BCUT2D eigenvalue weighted by molar-refractivity contribution is -0.385. The Kier molecular flexibility index (Phi) is 4.61. The van der Waals surface area contributed by atoms with Crippen LogP contribution in [0.3, 0.4) is 0 Å². The molecule has 7 nitrogen and oxygen atoms in total. The van der Waals surface area contributed by atoms with Gasteiger partial charge in [-0.3, -0.25) is 10.1 Å². The zero-order valence-corrected chi connectivity index (χ0v) is 9.95. The summed E-state index contributed by atoms with van der Waals surface area (Å²) in [4.78, 5) is 21.2. The lowest BCUT2D eigenvalue weighted by Crippen LogP contribution is -2.25. The first-order chi connectivity index (χ1) is 8.49. The van der Waals surface area contributed by atoms with Crippen molar-refractivity contribution in [3.8, 4) is 5.75 Å². The third-order valence-corrected chi connectivity index (χ3v) is 2.27. The fourth-order valence-electron chi connectivity index (χ4n) is 1.30. The quantitative estimate of drug-likeness (QED) is 0.479. The van der Waals surface area contributed by atoms with Crippen molar-refractivity contribution in [2.45, 2.75) is 19.6 Å². The number of nitro benzene ring substituents is 1. The second kappa shape index (κ2) is 5.97. The van der Waals surface area contributed by atoms with Crippen molar-refractivity contribution >= 4 is 11.7 Å². The number of nitrogens with zero attached hydrogens (tertiary/aromatic N) is 1. The third kappa shape index (κ3) is 3.17. The number of nitro groups is 1. The highest BCUT2D eigenvalue weighted by Gasteiger charge is 2.18. The van der Waals surface area contributed by atoms with Crippen LogP contribution in [0, 0.1) is 10.1 Å². The molecule has 0 saturated carbocycles. The molecule has 0 bridgehead atoms. The molecule has 0 heterocycles. The summed E-state index contributed by atoms with van der Waals surface area (Å²) >= 11 is 0. The van der Waals surface area contributed by atoms with Gasteiger partial charge in [-0.1, -0.05) is 0 Å². The number of rotatable bonds is 5. The molecular weight excluding hydrogens is 242 g/mol. The second-order valence-corrected chi connectivity index (χ2v) is 3.49. The zero-order chi connectivity index (χ0) is 13.7. The molecule has 0 amide bonds. The summed E-state index contributed by atoms with van der Waals surface area (Å²) in [5, 5.41) is 19.7. The number of ether oxygens (including phenoxy) is 2. The van der Waals surface area contributed by atoms with E-state index in [1.165, 1.54) is 26.2 Å². The fraction of sp³-hybridized carbons (Fsp3) is 0.364. The Morgan fingerprint density at radius 1 is 1.56 bits per heavy atom. The van der Waals surface area contributed by atoms with Crippen LogP contribution in [-0.4, -0.2) is 29.2 Å². The van der Waals surface area contributed by atoms with Gasteiger partial charge in [0.1, 0.15) is 5.75 Å². The van der Waals surface area contributed by atoms with Gasteiger partial charge in [0.15, 0.2) is 6.10 Å². The Bertz CT molecular complexity index is 459. The monoisotopic (exact) mass is 255 g/mol. The Morgan fingerprint density at radius 2 is 2.22 bits per heavy atom. The highest BCUT2D eigenvalue weighted by atomic mass is 16.6. The molecule has 18 heavy (non-hydrogen) atoms. The number of esters is 1. The van der Waals surface area contributed by atoms with E-state index in [-0.39, 0.29) is 18.0 Å². The molecule has 1 aromatic rings. The van der Waals surface area contributed by atoms with Gasteiger partial charge in [0, 0.05) is 11.6 Å². The summed E-state index contributed by atoms with van der Waals surface area (Å²) in [6.45, 7) is 1.10. The summed E-state index contributed by atoms with van der Waals surface area (Å²) in [6.07, 6.45) is -0.915. The van der Waals surface area contributed by atoms with Gasteiger partial charge in [-0.15, -0.1) is 0 Å². The van der Waals surface area contributed by atoms with Gasteiger partial charge in [-0.05, 0) is 13.0 Å². The minimum atomic E-state index is -0.915. The van der Waals surface area contributed by atoms with Crippen LogP contribution >= 0.6 is 0 Å². The number of non-ortho nitro benzene ring substituents is 1. The maximum absolute atomic E-state index is 11.2. The molecule has 1 unspecified atom stereocenters. The van der Waals surface area contributed by atoms with Crippen LogP contribution in [-0.2, 0) is 16.1 Å². The van der Waals surface area contributed by atoms with E-state index < -0.39 is 17.0 Å². The van der Waals surface area contributed by atoms with E-state index in [2.05, 4.69) is 4.74 Å². The number of carbonyl (C=O) groups excluding carboxylic acids is 1. The standard InChI is InChI=1S/C11H13NO6/c1-7(11(14)17-2)18-10-5-9(12(15)16)4-3-8(10)6-13/h3-5,7,13H,6H2,1-2H3. The molecule has 98 valence electrons. The van der Waals surface area contributed by atoms with Gasteiger partial charge in [-0.25, -0.2) is 4.79 Å². The first-order valence-electron chi connectivity index (χ1n) is 5.12. The molecule has 0 saturated heterocycles. The topological polar surface area (TPSA) is 98.9 Å². The number of carbonyl (C=O) groups is 1. The number of aliphatic hydroxyl groups excluding tert-OH is 1. The van der Waals surface area contributed by atoms with Crippen molar-refractivity contribution in [2.75, 3.05) is 7.11 Å². The molecule has 0 aliphatic rings. The van der Waals surface area contributed by atoms with Crippen LogP contribution in [0.1, 0.15) is 12.5 Å². The lowest BCUT2D eigenvalue weighted by atomic mass is 10.2. The Balaban J connectivity index is 3.01. The minimum absolute atomic E-state index is 0.0876. The summed E-state index contributed by atoms with van der Waals surface area (Å²) in [5.74, 6) is -0.519. The highest BCUT2D eigenvalue weighted by Crippen LogP contribution is 2.25. The van der Waals surface area contributed by atoms with Crippen molar-refractivity contribution in [3.63, 3.8) is 0 Å². The Hall–Kier alpha value is -2.15. The molecule has 0 spiro atoms. The predicted octanol–water partition coefficient (Wildman–Crippen LogP) is 1.03. The number of hydrogen-bond acceptors (Lipinski definition) is 6. The molecule has 7 heteroatoms. The van der Waals surface area contributed by atoms with Crippen LogP contribution in [0.15, 0.2) is 18.2 Å². The van der Waals surface area contributed by atoms with E-state index in [9.17, 15) is 14.9 Å². The molecule has 0 radical (unpaired) electrons. The SMILES string of the molecule is COC(=O)C(C)Oc1cc([N+](=O)[O-])ccc1CO. The number of aliphatic hydroxyl groups is 1. The molecule has 0 aromatic heterocycles. The van der Waals surface area contributed by atoms with Crippen LogP contribution in [0.4, 0.5) is 5.69 Å². The number of hydrogen-bond donors (Lipinski definition) is 1. The molecule has 1 aromatic carbocycles. The summed E-state index contributed by atoms with van der Waals surface area (Å²) in [5.41, 5.74) is 0.176. The van der Waals surface area contributed by atoms with E-state index >= 15 is 0 Å². The molecule has 0 fully saturated rings. The number of benzene rings is 1. The van der Waals surface area contributed by atoms with Gasteiger partial charge in [0.25, 0.3) is 5.69 Å². The van der Waals surface area contributed by atoms with Gasteiger partial charge in [0.2, 0.25) is 0 Å². The molecule has 0 aliphatic carbocycles. The Morgan fingerprint density at radius 3 is 2.72 bits per heavy atom. The van der Waals surface area contributed by atoms with E-state index in [4.69, 9.17) is 9.84 Å².